The van der Waals surface area contributed by atoms with E-state index >= 15 is 0 Å². The van der Waals surface area contributed by atoms with E-state index in [4.69, 9.17) is 10.5 Å². The van der Waals surface area contributed by atoms with Crippen LogP contribution in [0.5, 0.6) is 5.75 Å². The summed E-state index contributed by atoms with van der Waals surface area (Å²) in [6, 6.07) is 7.37. The monoisotopic (exact) mass is 358 g/mol. The number of benzene rings is 1. The Hall–Kier alpha value is -2.01. The smallest absolute Gasteiger partial charge is 0.258 e. The molecular formula is C20H26N2O2S. The van der Waals surface area contributed by atoms with E-state index in [-0.39, 0.29) is 11.3 Å². The molecule has 0 aliphatic heterocycles. The number of amides is 1. The maximum atomic E-state index is 12.8. The van der Waals surface area contributed by atoms with Gasteiger partial charge in [0.2, 0.25) is 0 Å². The highest BCUT2D eigenvalue weighted by Gasteiger charge is 2.33. The third-order valence-corrected chi connectivity index (χ3v) is 6.16. The molecule has 1 aliphatic rings. The molecule has 0 spiro atoms. The second-order valence-electron chi connectivity index (χ2n) is 7.73. The molecule has 25 heavy (non-hydrogen) atoms. The van der Waals surface area contributed by atoms with Crippen LogP contribution < -0.4 is 15.8 Å². The van der Waals surface area contributed by atoms with Crippen LogP contribution in [0.2, 0.25) is 0 Å². The summed E-state index contributed by atoms with van der Waals surface area (Å²) in [7, 11) is 1.61. The molecule has 134 valence electrons. The Labute approximate surface area is 153 Å². The molecular weight excluding hydrogens is 332 g/mol. The summed E-state index contributed by atoms with van der Waals surface area (Å²) in [4.78, 5) is 14.1. The first-order valence-electron chi connectivity index (χ1n) is 8.65. The zero-order valence-corrected chi connectivity index (χ0v) is 16.1. The van der Waals surface area contributed by atoms with Crippen molar-refractivity contribution >= 4 is 27.9 Å². The SMILES string of the molecule is COc1cccc(NC(=O)c2c(N)sc3c2CC[C@H](C(C)(C)C)C3)c1. The number of hydrogen-bond donors (Lipinski definition) is 2. The minimum absolute atomic E-state index is 0.127. The first-order valence-corrected chi connectivity index (χ1v) is 9.46. The van der Waals surface area contributed by atoms with Crippen LogP contribution in [-0.2, 0) is 12.8 Å². The summed E-state index contributed by atoms with van der Waals surface area (Å²) >= 11 is 1.58. The number of methoxy groups -OCH3 is 1. The molecule has 0 radical (unpaired) electrons. The molecule has 1 atom stereocenters. The summed E-state index contributed by atoms with van der Waals surface area (Å²) in [5, 5.41) is 3.58. The molecule has 1 aromatic carbocycles. The van der Waals surface area contributed by atoms with E-state index in [0.717, 1.165) is 24.8 Å². The Kier molecular flexibility index (Phi) is 4.78. The lowest BCUT2D eigenvalue weighted by molar-refractivity contribution is 0.102. The maximum absolute atomic E-state index is 12.8. The predicted octanol–water partition coefficient (Wildman–Crippen LogP) is 4.74. The highest BCUT2D eigenvalue weighted by molar-refractivity contribution is 7.16. The molecule has 5 heteroatoms. The zero-order chi connectivity index (χ0) is 18.2. The first-order chi connectivity index (χ1) is 11.8. The predicted molar refractivity (Wildman–Crippen MR) is 105 cm³/mol. The van der Waals surface area contributed by atoms with Gasteiger partial charge in [0.25, 0.3) is 5.91 Å². The highest BCUT2D eigenvalue weighted by atomic mass is 32.1. The molecule has 2 aromatic rings. The average molecular weight is 359 g/mol. The number of rotatable bonds is 3. The third-order valence-electron chi connectivity index (χ3n) is 5.07. The molecule has 0 fully saturated rings. The van der Waals surface area contributed by atoms with Crippen molar-refractivity contribution in [1.29, 1.82) is 0 Å². The van der Waals surface area contributed by atoms with Gasteiger partial charge < -0.3 is 15.8 Å². The molecule has 1 aliphatic carbocycles. The standard InChI is InChI=1S/C20H26N2O2S/c1-20(2,3)12-8-9-15-16(10-12)25-18(21)17(15)19(23)22-13-6-5-7-14(11-13)24-4/h5-7,11-12H,8-10,21H2,1-4H3,(H,22,23)/t12-/m0/s1. The lowest BCUT2D eigenvalue weighted by atomic mass is 9.72. The minimum Gasteiger partial charge on any atom is -0.497 e. The van der Waals surface area contributed by atoms with Crippen molar-refractivity contribution < 1.29 is 9.53 Å². The van der Waals surface area contributed by atoms with Crippen LogP contribution in [0.4, 0.5) is 10.7 Å². The minimum atomic E-state index is -0.127. The Balaban J connectivity index is 1.84. The van der Waals surface area contributed by atoms with E-state index in [9.17, 15) is 4.79 Å². The average Bonchev–Trinajstić information content (AvgIpc) is 2.89. The van der Waals surface area contributed by atoms with Gasteiger partial charge in [-0.15, -0.1) is 11.3 Å². The lowest BCUT2D eigenvalue weighted by Crippen LogP contribution is -2.27. The van der Waals surface area contributed by atoms with Crippen molar-refractivity contribution in [3.05, 3.63) is 40.3 Å². The highest BCUT2D eigenvalue weighted by Crippen LogP contribution is 2.43. The molecule has 3 rings (SSSR count). The van der Waals surface area contributed by atoms with E-state index in [1.165, 1.54) is 4.88 Å². The van der Waals surface area contributed by atoms with Crippen LogP contribution in [0.3, 0.4) is 0 Å². The van der Waals surface area contributed by atoms with E-state index in [2.05, 4.69) is 26.1 Å². The van der Waals surface area contributed by atoms with Crippen molar-refractivity contribution in [3.63, 3.8) is 0 Å². The number of nitrogens with one attached hydrogen (secondary N) is 1. The zero-order valence-electron chi connectivity index (χ0n) is 15.3. The molecule has 1 heterocycles. The van der Waals surface area contributed by atoms with Gasteiger partial charge in [0.1, 0.15) is 5.75 Å². The maximum Gasteiger partial charge on any atom is 0.258 e. The van der Waals surface area contributed by atoms with Crippen LogP contribution in [0, 0.1) is 11.3 Å². The van der Waals surface area contributed by atoms with Crippen LogP contribution in [0.15, 0.2) is 24.3 Å². The molecule has 0 unspecified atom stereocenters. The van der Waals surface area contributed by atoms with Crippen LogP contribution in [0.1, 0.15) is 48.0 Å². The first kappa shape index (κ1) is 17.8. The quantitative estimate of drug-likeness (QED) is 0.833. The van der Waals surface area contributed by atoms with Gasteiger partial charge in [0, 0.05) is 16.6 Å². The molecule has 3 N–H and O–H groups in total. The van der Waals surface area contributed by atoms with Gasteiger partial charge >= 0.3 is 0 Å². The third kappa shape index (κ3) is 3.66. The summed E-state index contributed by atoms with van der Waals surface area (Å²) in [6.07, 6.45) is 3.04. The molecule has 1 aromatic heterocycles. The number of carbonyl (C=O) groups excluding carboxylic acids is 1. The second-order valence-corrected chi connectivity index (χ2v) is 8.87. The Bertz CT molecular complexity index is 789. The van der Waals surface area contributed by atoms with Crippen LogP contribution in [0.25, 0.3) is 0 Å². The largest absolute Gasteiger partial charge is 0.497 e. The molecule has 0 bridgehead atoms. The lowest BCUT2D eigenvalue weighted by Gasteiger charge is -2.33. The van der Waals surface area contributed by atoms with E-state index < -0.39 is 0 Å². The van der Waals surface area contributed by atoms with Gasteiger partial charge in [-0.05, 0) is 48.3 Å². The van der Waals surface area contributed by atoms with Gasteiger partial charge in [-0.2, -0.15) is 0 Å². The number of carbonyl (C=O) groups is 1. The van der Waals surface area contributed by atoms with Crippen LogP contribution >= 0.6 is 11.3 Å². The van der Waals surface area contributed by atoms with Crippen molar-refractivity contribution in [2.24, 2.45) is 11.3 Å². The Morgan fingerprint density at radius 2 is 2.12 bits per heavy atom. The van der Waals surface area contributed by atoms with Gasteiger partial charge in [-0.25, -0.2) is 0 Å². The molecule has 1 amide bonds. The molecule has 4 nitrogen and oxygen atoms in total. The molecule has 0 saturated heterocycles. The fraction of sp³-hybridized carbons (Fsp3) is 0.450. The Morgan fingerprint density at radius 1 is 1.36 bits per heavy atom. The van der Waals surface area contributed by atoms with Crippen molar-refractivity contribution in [2.75, 3.05) is 18.2 Å². The van der Waals surface area contributed by atoms with E-state index in [1.807, 2.05) is 24.3 Å². The normalized spacial score (nSPS) is 17.0. The second kappa shape index (κ2) is 6.71. The number of hydrogen-bond acceptors (Lipinski definition) is 4. The topological polar surface area (TPSA) is 64.3 Å². The fourth-order valence-electron chi connectivity index (χ4n) is 3.49. The number of anilines is 2. The van der Waals surface area contributed by atoms with Crippen molar-refractivity contribution in [2.45, 2.75) is 40.0 Å². The van der Waals surface area contributed by atoms with E-state index in [0.29, 0.717) is 27.9 Å². The number of ether oxygens (including phenoxy) is 1. The summed E-state index contributed by atoms with van der Waals surface area (Å²) in [6.45, 7) is 6.86. The number of fused-ring (bicyclic) bond motifs is 1. The molecule has 0 saturated carbocycles. The number of nitrogens with two attached hydrogens (primary N) is 1. The van der Waals surface area contributed by atoms with Gasteiger partial charge in [0.15, 0.2) is 0 Å². The fourth-order valence-corrected chi connectivity index (χ4v) is 4.69. The number of nitrogen functional groups attached to an aromatic ring is 1. The number of thiophene rings is 1. The van der Waals surface area contributed by atoms with Gasteiger partial charge in [-0.3, -0.25) is 4.79 Å². The van der Waals surface area contributed by atoms with Gasteiger partial charge in [-0.1, -0.05) is 26.8 Å². The summed E-state index contributed by atoms with van der Waals surface area (Å²) < 4.78 is 5.21. The van der Waals surface area contributed by atoms with E-state index in [1.54, 1.807) is 18.4 Å². The van der Waals surface area contributed by atoms with Gasteiger partial charge in [0.05, 0.1) is 17.7 Å². The summed E-state index contributed by atoms with van der Waals surface area (Å²) in [5.41, 5.74) is 9.02. The van der Waals surface area contributed by atoms with Crippen molar-refractivity contribution in [1.82, 2.24) is 0 Å². The van der Waals surface area contributed by atoms with Crippen molar-refractivity contribution in [3.8, 4) is 5.75 Å². The Morgan fingerprint density at radius 3 is 2.80 bits per heavy atom. The summed E-state index contributed by atoms with van der Waals surface area (Å²) in [5.74, 6) is 1.22. The van der Waals surface area contributed by atoms with Crippen LogP contribution in [-0.4, -0.2) is 13.0 Å².